The van der Waals surface area contributed by atoms with E-state index in [1.165, 1.54) is 18.2 Å². The normalized spacial score (nSPS) is 18.7. The van der Waals surface area contributed by atoms with Crippen molar-refractivity contribution in [1.82, 2.24) is 30.7 Å². The number of benzene rings is 1. The monoisotopic (exact) mass is 459 g/mol. The van der Waals surface area contributed by atoms with E-state index >= 15 is 0 Å². The number of ether oxygens (including phenoxy) is 1. The van der Waals surface area contributed by atoms with Crippen molar-refractivity contribution >= 4 is 23.9 Å². The Bertz CT molecular complexity index is 1390. The van der Waals surface area contributed by atoms with Crippen molar-refractivity contribution in [3.8, 4) is 29.2 Å². The third kappa shape index (κ3) is 3.65. The molecule has 12 nitrogen and oxygen atoms in total. The van der Waals surface area contributed by atoms with E-state index in [4.69, 9.17) is 14.9 Å². The van der Waals surface area contributed by atoms with Gasteiger partial charge in [-0.3, -0.25) is 14.9 Å². The fraction of sp³-hybridized carbons (Fsp3) is 0.182. The van der Waals surface area contributed by atoms with Crippen molar-refractivity contribution in [2.75, 3.05) is 19.4 Å². The van der Waals surface area contributed by atoms with Crippen LogP contribution < -0.4 is 21.1 Å². The van der Waals surface area contributed by atoms with E-state index in [0.717, 1.165) is 5.56 Å². The zero-order chi connectivity index (χ0) is 23.9. The van der Waals surface area contributed by atoms with E-state index in [1.807, 2.05) is 0 Å². The molecular formula is C22H17N7O5. The van der Waals surface area contributed by atoms with Gasteiger partial charge in [0.2, 0.25) is 5.54 Å². The van der Waals surface area contributed by atoms with Crippen LogP contribution in [0.2, 0.25) is 0 Å². The largest absolute Gasteiger partial charge is 0.497 e. The van der Waals surface area contributed by atoms with Gasteiger partial charge in [0.05, 0.1) is 13.7 Å². The number of urea groups is 1. The van der Waals surface area contributed by atoms with Crippen molar-refractivity contribution in [2.24, 2.45) is 0 Å². The maximum absolute atomic E-state index is 13.0. The lowest BCUT2D eigenvalue weighted by molar-refractivity contribution is -0.122. The van der Waals surface area contributed by atoms with Gasteiger partial charge in [-0.15, -0.1) is 5.10 Å². The molecular weight excluding hydrogens is 442 g/mol. The van der Waals surface area contributed by atoms with Crippen molar-refractivity contribution in [2.45, 2.75) is 12.1 Å². The van der Waals surface area contributed by atoms with E-state index in [0.29, 0.717) is 22.6 Å². The first-order valence-electron chi connectivity index (χ1n) is 10.1. The number of nitrogens with one attached hydrogen (secondary N) is 2. The second kappa shape index (κ2) is 7.89. The SMILES string of the molecule is COc1ccc2c(c1)C(=O)N(C[C@@]1(C#Cc3ccc(-c4nnc(N)o4)nc3)NC(=O)NC1=O)C2. The van der Waals surface area contributed by atoms with E-state index in [2.05, 4.69) is 37.7 Å². The summed E-state index contributed by atoms with van der Waals surface area (Å²) in [6.45, 7) is 0.133. The van der Waals surface area contributed by atoms with Crippen LogP contribution in [0.15, 0.2) is 40.9 Å². The number of nitrogens with zero attached hydrogens (tertiary/aromatic N) is 4. The van der Waals surface area contributed by atoms with Gasteiger partial charge in [0.15, 0.2) is 0 Å². The predicted octanol–water partition coefficient (Wildman–Crippen LogP) is 0.308. The van der Waals surface area contributed by atoms with Crippen LogP contribution in [0.5, 0.6) is 5.75 Å². The number of methoxy groups -OCH3 is 1. The molecule has 170 valence electrons. The minimum absolute atomic E-state index is 0.0809. The van der Waals surface area contributed by atoms with E-state index in [9.17, 15) is 14.4 Å². The van der Waals surface area contributed by atoms with Gasteiger partial charge in [0, 0.05) is 23.9 Å². The Balaban J connectivity index is 1.41. The highest BCUT2D eigenvalue weighted by Gasteiger charge is 2.48. The number of hydrogen-bond donors (Lipinski definition) is 3. The Kier molecular flexibility index (Phi) is 4.86. The number of carbonyl (C=O) groups excluding carboxylic acids is 3. The maximum atomic E-state index is 13.0. The molecule has 0 bridgehead atoms. The molecule has 34 heavy (non-hydrogen) atoms. The number of nitrogens with two attached hydrogens (primary N) is 1. The lowest BCUT2D eigenvalue weighted by atomic mass is 9.99. The van der Waals surface area contributed by atoms with Gasteiger partial charge in [-0.1, -0.05) is 23.0 Å². The number of hydrogen-bond acceptors (Lipinski definition) is 9. The van der Waals surface area contributed by atoms with Crippen molar-refractivity contribution in [3.05, 3.63) is 53.2 Å². The van der Waals surface area contributed by atoms with Gasteiger partial charge in [-0.05, 0) is 29.8 Å². The molecule has 1 atom stereocenters. The Labute approximate surface area is 192 Å². The molecule has 2 aliphatic rings. The Hall–Kier alpha value is -4.92. The van der Waals surface area contributed by atoms with Crippen LogP contribution in [0.4, 0.5) is 10.8 Å². The molecule has 3 aromatic rings. The quantitative estimate of drug-likeness (QED) is 0.368. The molecule has 1 aromatic carbocycles. The molecule has 4 amide bonds. The Morgan fingerprint density at radius 1 is 1.24 bits per heavy atom. The molecule has 12 heteroatoms. The van der Waals surface area contributed by atoms with Gasteiger partial charge in [-0.2, -0.15) is 0 Å². The fourth-order valence-electron chi connectivity index (χ4n) is 3.72. The zero-order valence-electron chi connectivity index (χ0n) is 17.8. The molecule has 5 rings (SSSR count). The molecule has 1 fully saturated rings. The molecule has 0 saturated carbocycles. The number of rotatable bonds is 4. The van der Waals surface area contributed by atoms with Crippen LogP contribution >= 0.6 is 0 Å². The molecule has 4 heterocycles. The van der Waals surface area contributed by atoms with E-state index in [-0.39, 0.29) is 30.9 Å². The number of aromatic nitrogens is 3. The summed E-state index contributed by atoms with van der Waals surface area (Å²) >= 11 is 0. The van der Waals surface area contributed by atoms with Crippen LogP contribution in [-0.4, -0.2) is 57.1 Å². The molecule has 0 radical (unpaired) electrons. The number of fused-ring (bicyclic) bond motifs is 1. The summed E-state index contributed by atoms with van der Waals surface area (Å²) in [5.74, 6) is 5.46. The fourth-order valence-corrected chi connectivity index (χ4v) is 3.72. The second-order valence-electron chi connectivity index (χ2n) is 7.63. The Morgan fingerprint density at radius 3 is 2.74 bits per heavy atom. The van der Waals surface area contributed by atoms with Gasteiger partial charge in [0.25, 0.3) is 17.7 Å². The first kappa shape index (κ1) is 21.0. The highest BCUT2D eigenvalue weighted by atomic mass is 16.5. The lowest BCUT2D eigenvalue weighted by Crippen LogP contribution is -2.54. The maximum Gasteiger partial charge on any atom is 0.323 e. The van der Waals surface area contributed by atoms with Crippen molar-refractivity contribution < 1.29 is 23.5 Å². The summed E-state index contributed by atoms with van der Waals surface area (Å²) in [4.78, 5) is 43.3. The highest BCUT2D eigenvalue weighted by molar-refractivity contribution is 6.10. The van der Waals surface area contributed by atoms with Gasteiger partial charge < -0.3 is 25.1 Å². The average molecular weight is 459 g/mol. The van der Waals surface area contributed by atoms with Gasteiger partial charge >= 0.3 is 12.0 Å². The zero-order valence-corrected chi connectivity index (χ0v) is 17.8. The first-order chi connectivity index (χ1) is 16.4. The van der Waals surface area contributed by atoms with Crippen LogP contribution in [-0.2, 0) is 11.3 Å². The predicted molar refractivity (Wildman–Crippen MR) is 116 cm³/mol. The molecule has 2 aliphatic heterocycles. The van der Waals surface area contributed by atoms with Gasteiger partial charge in [0.1, 0.15) is 11.4 Å². The third-order valence-corrected chi connectivity index (χ3v) is 5.41. The molecule has 0 spiro atoms. The Morgan fingerprint density at radius 2 is 2.09 bits per heavy atom. The topological polar surface area (TPSA) is 166 Å². The number of nitrogen functional groups attached to an aromatic ring is 1. The number of anilines is 1. The smallest absolute Gasteiger partial charge is 0.323 e. The number of pyridine rings is 1. The number of carbonyl (C=O) groups is 3. The van der Waals surface area contributed by atoms with Crippen LogP contribution in [0.3, 0.4) is 0 Å². The lowest BCUT2D eigenvalue weighted by Gasteiger charge is -2.26. The highest BCUT2D eigenvalue weighted by Crippen LogP contribution is 2.28. The number of imide groups is 1. The third-order valence-electron chi connectivity index (χ3n) is 5.41. The summed E-state index contributed by atoms with van der Waals surface area (Å²) in [6.07, 6.45) is 1.45. The van der Waals surface area contributed by atoms with Crippen LogP contribution in [0.25, 0.3) is 11.6 Å². The van der Waals surface area contributed by atoms with Crippen molar-refractivity contribution in [1.29, 1.82) is 0 Å². The second-order valence-corrected chi connectivity index (χ2v) is 7.63. The van der Waals surface area contributed by atoms with Crippen molar-refractivity contribution in [3.63, 3.8) is 0 Å². The molecule has 2 aromatic heterocycles. The summed E-state index contributed by atoms with van der Waals surface area (Å²) in [7, 11) is 1.51. The summed E-state index contributed by atoms with van der Waals surface area (Å²) in [5.41, 5.74) is 5.93. The first-order valence-corrected chi connectivity index (χ1v) is 10.1. The molecule has 1 saturated heterocycles. The standard InChI is InChI=1S/C22H17N7O5/c1-33-14-4-3-13-10-29(18(30)15(13)8-14)11-22(19(31)25-21(32)26-22)7-6-12-2-5-16(24-9-12)17-27-28-20(23)34-17/h2-5,8-9H,10-11H2,1H3,(H2,23,28)(H2,25,26,31,32)/t22-/m1/s1. The summed E-state index contributed by atoms with van der Waals surface area (Å²) in [6, 6.07) is 7.67. The minimum atomic E-state index is -1.63. The average Bonchev–Trinajstić information content (AvgIpc) is 3.48. The minimum Gasteiger partial charge on any atom is -0.497 e. The summed E-state index contributed by atoms with van der Waals surface area (Å²) < 4.78 is 10.3. The summed E-state index contributed by atoms with van der Waals surface area (Å²) in [5, 5.41) is 12.1. The molecule has 4 N–H and O–H groups in total. The molecule has 0 unspecified atom stereocenters. The van der Waals surface area contributed by atoms with Gasteiger partial charge in [-0.25, -0.2) is 9.78 Å². The van der Waals surface area contributed by atoms with Crippen LogP contribution in [0, 0.1) is 11.8 Å². The van der Waals surface area contributed by atoms with Crippen LogP contribution in [0.1, 0.15) is 21.5 Å². The van der Waals surface area contributed by atoms with E-state index in [1.54, 1.807) is 30.3 Å². The molecule has 0 aliphatic carbocycles. The van der Waals surface area contributed by atoms with E-state index < -0.39 is 17.5 Å². The number of amides is 4.